The lowest BCUT2D eigenvalue weighted by Gasteiger charge is -2.37. The quantitative estimate of drug-likeness (QED) is 0.598. The van der Waals surface area contributed by atoms with E-state index in [1.807, 2.05) is 26.1 Å². The summed E-state index contributed by atoms with van der Waals surface area (Å²) in [5, 5.41) is 11.1. The lowest BCUT2D eigenvalue weighted by molar-refractivity contribution is -0.137. The van der Waals surface area contributed by atoms with Gasteiger partial charge in [0.2, 0.25) is 0 Å². The van der Waals surface area contributed by atoms with Gasteiger partial charge in [-0.25, -0.2) is 0 Å². The lowest BCUT2D eigenvalue weighted by Crippen LogP contribution is -2.43. The maximum atomic E-state index is 12.7. The third-order valence-electron chi connectivity index (χ3n) is 5.95. The highest BCUT2D eigenvalue weighted by Gasteiger charge is 2.30. The molecule has 3 aromatic rings. The van der Waals surface area contributed by atoms with Gasteiger partial charge >= 0.3 is 6.18 Å². The van der Waals surface area contributed by atoms with Gasteiger partial charge < -0.3 is 4.90 Å². The molecule has 4 nitrogen and oxygen atoms in total. The van der Waals surface area contributed by atoms with E-state index in [9.17, 15) is 13.2 Å². The first-order valence-corrected chi connectivity index (χ1v) is 10.2. The summed E-state index contributed by atoms with van der Waals surface area (Å²) in [5.74, 6) is 0.931. The molecule has 0 spiro atoms. The van der Waals surface area contributed by atoms with Crippen LogP contribution in [0.2, 0.25) is 0 Å². The monoisotopic (exact) mass is 414 g/mol. The second kappa shape index (κ2) is 8.22. The van der Waals surface area contributed by atoms with Crippen LogP contribution >= 0.6 is 0 Å². The van der Waals surface area contributed by atoms with Crippen molar-refractivity contribution >= 4 is 16.6 Å². The van der Waals surface area contributed by atoms with Gasteiger partial charge in [0, 0.05) is 36.4 Å². The molecule has 158 valence electrons. The van der Waals surface area contributed by atoms with Gasteiger partial charge in [0.15, 0.2) is 5.82 Å². The van der Waals surface area contributed by atoms with E-state index < -0.39 is 11.7 Å². The van der Waals surface area contributed by atoms with Crippen LogP contribution in [0.5, 0.6) is 0 Å². The van der Waals surface area contributed by atoms with E-state index in [1.54, 1.807) is 12.1 Å². The molecule has 7 heteroatoms. The number of aryl methyl sites for hydroxylation is 1. The molecule has 0 saturated carbocycles. The van der Waals surface area contributed by atoms with Crippen LogP contribution in [-0.2, 0) is 12.7 Å². The highest BCUT2D eigenvalue weighted by molar-refractivity contribution is 5.93. The van der Waals surface area contributed by atoms with Gasteiger partial charge in [0.25, 0.3) is 0 Å². The number of anilines is 1. The molecule has 1 saturated heterocycles. The number of nitrogens with zero attached hydrogens (tertiary/aromatic N) is 4. The molecule has 0 aliphatic carbocycles. The van der Waals surface area contributed by atoms with E-state index in [2.05, 4.69) is 32.1 Å². The number of hydrogen-bond acceptors (Lipinski definition) is 4. The molecule has 1 aliphatic heterocycles. The van der Waals surface area contributed by atoms with Crippen molar-refractivity contribution in [1.82, 2.24) is 15.1 Å². The summed E-state index contributed by atoms with van der Waals surface area (Å²) >= 11 is 0. The Bertz CT molecular complexity index is 1010. The molecular formula is C23H25F3N4. The largest absolute Gasteiger partial charge is 0.416 e. The number of benzene rings is 2. The molecule has 0 bridgehead atoms. The SMILES string of the molecule is Cc1nnc(N2CCC(N(C)Cc3ccc(C(F)(F)F)cc3)CC2)c2ccccc12. The van der Waals surface area contributed by atoms with E-state index >= 15 is 0 Å². The molecule has 0 radical (unpaired) electrons. The Kier molecular flexibility index (Phi) is 5.64. The fourth-order valence-electron chi connectivity index (χ4n) is 4.19. The summed E-state index contributed by atoms with van der Waals surface area (Å²) in [7, 11) is 2.04. The molecule has 0 N–H and O–H groups in total. The van der Waals surface area contributed by atoms with Crippen molar-refractivity contribution < 1.29 is 13.2 Å². The Morgan fingerprint density at radius 1 is 0.967 bits per heavy atom. The van der Waals surface area contributed by atoms with E-state index in [1.165, 1.54) is 0 Å². The first-order valence-electron chi connectivity index (χ1n) is 10.2. The predicted molar refractivity (Wildman–Crippen MR) is 112 cm³/mol. The zero-order chi connectivity index (χ0) is 21.3. The summed E-state index contributed by atoms with van der Waals surface area (Å²) in [6.07, 6.45) is -2.34. The Morgan fingerprint density at radius 2 is 1.60 bits per heavy atom. The van der Waals surface area contributed by atoms with Gasteiger partial charge in [0.05, 0.1) is 11.3 Å². The highest BCUT2D eigenvalue weighted by atomic mass is 19.4. The minimum atomic E-state index is -4.29. The molecule has 2 heterocycles. The number of alkyl halides is 3. The molecule has 2 aromatic carbocycles. The van der Waals surface area contributed by atoms with Crippen LogP contribution in [0.15, 0.2) is 48.5 Å². The number of piperidine rings is 1. The number of halogens is 3. The Hall–Kier alpha value is -2.67. The van der Waals surface area contributed by atoms with E-state index in [4.69, 9.17) is 0 Å². The van der Waals surface area contributed by atoms with Gasteiger partial charge in [-0.05, 0) is 44.5 Å². The summed E-state index contributed by atoms with van der Waals surface area (Å²) in [4.78, 5) is 4.52. The van der Waals surface area contributed by atoms with Crippen LogP contribution in [0.1, 0.15) is 29.7 Å². The topological polar surface area (TPSA) is 32.3 Å². The predicted octanol–water partition coefficient (Wildman–Crippen LogP) is 5.06. The fourth-order valence-corrected chi connectivity index (χ4v) is 4.19. The minimum absolute atomic E-state index is 0.383. The third-order valence-corrected chi connectivity index (χ3v) is 5.95. The van der Waals surface area contributed by atoms with Gasteiger partial charge in [-0.1, -0.05) is 36.4 Å². The first-order chi connectivity index (χ1) is 14.3. The van der Waals surface area contributed by atoms with Crippen molar-refractivity contribution in [1.29, 1.82) is 0 Å². The average molecular weight is 414 g/mol. The van der Waals surface area contributed by atoms with Crippen LogP contribution in [0.4, 0.5) is 19.0 Å². The molecule has 0 atom stereocenters. The van der Waals surface area contributed by atoms with Crippen molar-refractivity contribution in [3.8, 4) is 0 Å². The van der Waals surface area contributed by atoms with Crippen LogP contribution < -0.4 is 4.90 Å². The normalized spacial score (nSPS) is 15.9. The molecule has 4 rings (SSSR count). The maximum absolute atomic E-state index is 12.7. The van der Waals surface area contributed by atoms with Gasteiger partial charge in [-0.15, -0.1) is 5.10 Å². The second-order valence-electron chi connectivity index (χ2n) is 7.98. The number of rotatable bonds is 4. The van der Waals surface area contributed by atoms with Gasteiger partial charge in [-0.3, -0.25) is 4.90 Å². The molecule has 0 unspecified atom stereocenters. The van der Waals surface area contributed by atoms with Gasteiger partial charge in [0.1, 0.15) is 0 Å². The van der Waals surface area contributed by atoms with E-state index in [-0.39, 0.29) is 0 Å². The number of hydrogen-bond donors (Lipinski definition) is 0. The Labute approximate surface area is 174 Å². The Morgan fingerprint density at radius 3 is 2.23 bits per heavy atom. The minimum Gasteiger partial charge on any atom is -0.354 e. The number of aromatic nitrogens is 2. The van der Waals surface area contributed by atoms with Crippen LogP contribution in [0.25, 0.3) is 10.8 Å². The Balaban J connectivity index is 1.39. The van der Waals surface area contributed by atoms with E-state index in [0.29, 0.717) is 12.6 Å². The molecule has 1 aliphatic rings. The van der Waals surface area contributed by atoms with Gasteiger partial charge in [-0.2, -0.15) is 18.3 Å². The molecule has 1 aromatic heterocycles. The molecule has 0 amide bonds. The summed E-state index contributed by atoms with van der Waals surface area (Å²) < 4.78 is 38.2. The highest BCUT2D eigenvalue weighted by Crippen LogP contribution is 2.30. The van der Waals surface area contributed by atoms with Crippen LogP contribution in [-0.4, -0.2) is 41.3 Å². The smallest absolute Gasteiger partial charge is 0.354 e. The second-order valence-corrected chi connectivity index (χ2v) is 7.98. The first kappa shape index (κ1) is 20.6. The zero-order valence-electron chi connectivity index (χ0n) is 17.2. The number of fused-ring (bicyclic) bond motifs is 1. The summed E-state index contributed by atoms with van der Waals surface area (Å²) in [6, 6.07) is 14.1. The standard InChI is InChI=1S/C23H25F3N4/c1-16-20-5-3-4-6-21(20)22(28-27-16)30-13-11-19(12-14-30)29(2)15-17-7-9-18(10-8-17)23(24,25)26/h3-10,19H,11-15H2,1-2H3. The average Bonchev–Trinajstić information content (AvgIpc) is 2.74. The zero-order valence-corrected chi connectivity index (χ0v) is 17.2. The van der Waals surface area contributed by atoms with Crippen LogP contribution in [0, 0.1) is 6.92 Å². The lowest BCUT2D eigenvalue weighted by atomic mass is 10.0. The van der Waals surface area contributed by atoms with Crippen LogP contribution in [0.3, 0.4) is 0 Å². The third kappa shape index (κ3) is 4.26. The van der Waals surface area contributed by atoms with Crippen molar-refractivity contribution in [2.24, 2.45) is 0 Å². The maximum Gasteiger partial charge on any atom is 0.416 e. The molecule has 30 heavy (non-hydrogen) atoms. The van der Waals surface area contributed by atoms with E-state index in [0.717, 1.165) is 65.9 Å². The van der Waals surface area contributed by atoms with Crippen molar-refractivity contribution in [2.45, 2.75) is 38.5 Å². The van der Waals surface area contributed by atoms with Crippen molar-refractivity contribution in [3.63, 3.8) is 0 Å². The summed E-state index contributed by atoms with van der Waals surface area (Å²) in [5.41, 5.74) is 1.22. The van der Waals surface area contributed by atoms with Crippen molar-refractivity contribution in [3.05, 3.63) is 65.4 Å². The molecular weight excluding hydrogens is 389 g/mol. The summed E-state index contributed by atoms with van der Waals surface area (Å²) in [6.45, 7) is 4.37. The van der Waals surface area contributed by atoms with Crippen molar-refractivity contribution in [2.75, 3.05) is 25.0 Å². The fraction of sp³-hybridized carbons (Fsp3) is 0.391. The molecule has 1 fully saturated rings.